The molecule has 0 unspecified atom stereocenters. The molecule has 1 aromatic carbocycles. The average molecular weight is 344 g/mol. The molecule has 0 radical (unpaired) electrons. The van der Waals surface area contributed by atoms with Gasteiger partial charge in [-0.05, 0) is 6.92 Å². The highest BCUT2D eigenvalue weighted by Crippen LogP contribution is 2.32. The van der Waals surface area contributed by atoms with Crippen molar-refractivity contribution in [2.45, 2.75) is 19.5 Å². The molecule has 0 saturated carbocycles. The normalized spacial score (nSPS) is 11.3. The second kappa shape index (κ2) is 6.37. The van der Waals surface area contributed by atoms with Crippen LogP contribution < -0.4 is 5.32 Å². The number of halogens is 3. The van der Waals surface area contributed by atoms with E-state index in [1.54, 1.807) is 29.6 Å². The van der Waals surface area contributed by atoms with Crippen molar-refractivity contribution in [1.82, 2.24) is 4.98 Å². The Kier molecular flexibility index (Phi) is 4.69. The van der Waals surface area contributed by atoms with E-state index in [9.17, 15) is 22.8 Å². The fraction of sp³-hybridized carbons (Fsp3) is 0.214. The Hall–Kier alpha value is -2.42. The lowest BCUT2D eigenvalue weighted by atomic mass is 10.1. The van der Waals surface area contributed by atoms with Gasteiger partial charge in [0.15, 0.2) is 5.13 Å². The summed E-state index contributed by atoms with van der Waals surface area (Å²) in [5.74, 6) is -3.29. The zero-order chi connectivity index (χ0) is 17.2. The van der Waals surface area contributed by atoms with Gasteiger partial charge in [-0.1, -0.05) is 29.8 Å². The summed E-state index contributed by atoms with van der Waals surface area (Å²) in [5, 5.41) is 10.3. The molecule has 1 aromatic heterocycles. The predicted molar refractivity (Wildman–Crippen MR) is 78.3 cm³/mol. The molecule has 0 aliphatic carbocycles. The van der Waals surface area contributed by atoms with E-state index in [2.05, 4.69) is 4.98 Å². The first kappa shape index (κ1) is 16.9. The molecule has 122 valence electrons. The number of nitrogens with zero attached hydrogens (tertiary/aromatic N) is 1. The predicted octanol–water partition coefficient (Wildman–Crippen LogP) is 3.25. The summed E-state index contributed by atoms with van der Waals surface area (Å²) in [4.78, 5) is 26.1. The van der Waals surface area contributed by atoms with Crippen molar-refractivity contribution in [3.63, 3.8) is 0 Å². The lowest BCUT2D eigenvalue weighted by Gasteiger charge is -2.04. The molecular weight excluding hydrogens is 333 g/mol. The molecule has 1 amide bonds. The van der Waals surface area contributed by atoms with Crippen LogP contribution in [0.4, 0.5) is 18.3 Å². The van der Waals surface area contributed by atoms with Crippen LogP contribution in [0, 0.1) is 6.92 Å². The van der Waals surface area contributed by atoms with E-state index in [0.29, 0.717) is 16.9 Å². The minimum atomic E-state index is -5.04. The van der Waals surface area contributed by atoms with E-state index in [-0.39, 0.29) is 15.7 Å². The van der Waals surface area contributed by atoms with Crippen LogP contribution in [0.3, 0.4) is 0 Å². The smallest absolute Gasteiger partial charge is 0.471 e. The molecular formula is C14H11F3N2O3S. The number of hydrogen-bond donors (Lipinski definition) is 2. The molecule has 5 nitrogen and oxygen atoms in total. The number of rotatable bonds is 4. The summed E-state index contributed by atoms with van der Waals surface area (Å²) in [7, 11) is 0. The molecule has 0 saturated heterocycles. The van der Waals surface area contributed by atoms with Gasteiger partial charge in [0.2, 0.25) is 0 Å². The molecule has 0 atom stereocenters. The number of carboxylic acids is 1. The Labute approximate surface area is 132 Å². The molecule has 0 aliphatic rings. The number of anilines is 1. The first-order chi connectivity index (χ1) is 10.7. The van der Waals surface area contributed by atoms with Gasteiger partial charge in [-0.3, -0.25) is 14.9 Å². The van der Waals surface area contributed by atoms with Gasteiger partial charge >= 0.3 is 18.1 Å². The van der Waals surface area contributed by atoms with Crippen molar-refractivity contribution >= 4 is 28.3 Å². The summed E-state index contributed by atoms with van der Waals surface area (Å²) >= 11 is 0.707. The number of aliphatic carboxylic acids is 1. The minimum absolute atomic E-state index is 0.245. The van der Waals surface area contributed by atoms with Gasteiger partial charge < -0.3 is 5.11 Å². The van der Waals surface area contributed by atoms with Gasteiger partial charge in [0, 0.05) is 10.4 Å². The number of aryl methyl sites for hydroxylation is 1. The summed E-state index contributed by atoms with van der Waals surface area (Å²) < 4.78 is 36.9. The average Bonchev–Trinajstić information content (AvgIpc) is 2.80. The number of benzene rings is 1. The van der Waals surface area contributed by atoms with E-state index in [1.807, 2.05) is 6.92 Å². The molecule has 0 spiro atoms. The largest absolute Gasteiger partial charge is 0.481 e. The summed E-state index contributed by atoms with van der Waals surface area (Å²) in [5.41, 5.74) is 1.78. The van der Waals surface area contributed by atoms with Gasteiger partial charge in [-0.25, -0.2) is 4.98 Å². The number of nitrogens with one attached hydrogen (secondary N) is 1. The van der Waals surface area contributed by atoms with Crippen molar-refractivity contribution < 1.29 is 27.9 Å². The minimum Gasteiger partial charge on any atom is -0.481 e. The van der Waals surface area contributed by atoms with Gasteiger partial charge in [-0.15, -0.1) is 11.3 Å². The highest BCUT2D eigenvalue weighted by Gasteiger charge is 2.39. The van der Waals surface area contributed by atoms with E-state index >= 15 is 0 Å². The number of aromatic nitrogens is 1. The maximum atomic E-state index is 12.3. The van der Waals surface area contributed by atoms with Gasteiger partial charge in [-0.2, -0.15) is 13.2 Å². The third-order valence-corrected chi connectivity index (χ3v) is 3.78. The maximum absolute atomic E-state index is 12.3. The van der Waals surface area contributed by atoms with Crippen molar-refractivity contribution in [2.24, 2.45) is 0 Å². The standard InChI is InChI=1S/C14H11F3N2O3S/c1-7-2-4-8(5-3-7)11-9(6-10(20)21)23-13(18-11)19-12(22)14(15,16)17/h2-5H,6H2,1H3,(H,20,21)(H,18,19,22). The number of carbonyl (C=O) groups is 2. The summed E-state index contributed by atoms with van der Waals surface area (Å²) in [6.45, 7) is 1.86. The van der Waals surface area contributed by atoms with Crippen molar-refractivity contribution in [3.05, 3.63) is 34.7 Å². The van der Waals surface area contributed by atoms with Crippen molar-refractivity contribution in [1.29, 1.82) is 0 Å². The first-order valence-corrected chi connectivity index (χ1v) is 7.15. The fourth-order valence-electron chi connectivity index (χ4n) is 1.77. The molecule has 23 heavy (non-hydrogen) atoms. The Morgan fingerprint density at radius 1 is 1.26 bits per heavy atom. The van der Waals surface area contributed by atoms with Gasteiger partial charge in [0.1, 0.15) is 0 Å². The number of hydrogen-bond acceptors (Lipinski definition) is 4. The number of alkyl halides is 3. The lowest BCUT2D eigenvalue weighted by Crippen LogP contribution is -2.29. The van der Waals surface area contributed by atoms with Crippen LogP contribution in [-0.2, 0) is 16.0 Å². The zero-order valence-electron chi connectivity index (χ0n) is 11.8. The molecule has 2 aromatic rings. The quantitative estimate of drug-likeness (QED) is 0.892. The maximum Gasteiger partial charge on any atom is 0.471 e. The Bertz CT molecular complexity index is 739. The summed E-state index contributed by atoms with van der Waals surface area (Å²) in [6, 6.07) is 6.91. The Morgan fingerprint density at radius 2 is 1.87 bits per heavy atom. The second-order valence-corrected chi connectivity index (χ2v) is 5.76. The number of thiazole rings is 1. The van der Waals surface area contributed by atoms with E-state index in [0.717, 1.165) is 5.56 Å². The SMILES string of the molecule is Cc1ccc(-c2nc(NC(=O)C(F)(F)F)sc2CC(=O)O)cc1. The van der Waals surface area contributed by atoms with Crippen LogP contribution in [0.1, 0.15) is 10.4 Å². The fourth-order valence-corrected chi connectivity index (χ4v) is 2.74. The lowest BCUT2D eigenvalue weighted by molar-refractivity contribution is -0.167. The third-order valence-electron chi connectivity index (χ3n) is 2.81. The molecule has 0 fully saturated rings. The Balaban J connectivity index is 2.38. The number of carbonyl (C=O) groups excluding carboxylic acids is 1. The monoisotopic (exact) mass is 344 g/mol. The van der Waals surface area contributed by atoms with E-state index in [4.69, 9.17) is 5.11 Å². The Morgan fingerprint density at radius 3 is 2.39 bits per heavy atom. The molecule has 2 rings (SSSR count). The van der Waals surface area contributed by atoms with Crippen LogP contribution in [0.15, 0.2) is 24.3 Å². The topological polar surface area (TPSA) is 79.3 Å². The van der Waals surface area contributed by atoms with Crippen LogP contribution in [0.5, 0.6) is 0 Å². The highest BCUT2D eigenvalue weighted by molar-refractivity contribution is 7.16. The third kappa shape index (κ3) is 4.28. The number of carboxylic acid groups (broad SMARTS) is 1. The molecule has 0 aliphatic heterocycles. The molecule has 9 heteroatoms. The number of amides is 1. The zero-order valence-corrected chi connectivity index (χ0v) is 12.6. The van der Waals surface area contributed by atoms with Crippen LogP contribution in [0.25, 0.3) is 11.3 Å². The van der Waals surface area contributed by atoms with Crippen molar-refractivity contribution in [3.8, 4) is 11.3 Å². The second-order valence-electron chi connectivity index (χ2n) is 4.68. The van der Waals surface area contributed by atoms with Crippen LogP contribution in [-0.4, -0.2) is 28.1 Å². The summed E-state index contributed by atoms with van der Waals surface area (Å²) in [6.07, 6.45) is -5.44. The van der Waals surface area contributed by atoms with Crippen LogP contribution >= 0.6 is 11.3 Å². The van der Waals surface area contributed by atoms with Crippen molar-refractivity contribution in [2.75, 3.05) is 5.32 Å². The van der Waals surface area contributed by atoms with E-state index < -0.39 is 24.5 Å². The molecule has 2 N–H and O–H groups in total. The van der Waals surface area contributed by atoms with Crippen LogP contribution in [0.2, 0.25) is 0 Å². The highest BCUT2D eigenvalue weighted by atomic mass is 32.1. The molecule has 0 bridgehead atoms. The first-order valence-electron chi connectivity index (χ1n) is 6.33. The molecule has 1 heterocycles. The van der Waals surface area contributed by atoms with Gasteiger partial charge in [0.05, 0.1) is 12.1 Å². The van der Waals surface area contributed by atoms with E-state index in [1.165, 1.54) is 0 Å². The van der Waals surface area contributed by atoms with Gasteiger partial charge in [0.25, 0.3) is 0 Å².